The van der Waals surface area contributed by atoms with Crippen molar-refractivity contribution in [3.8, 4) is 5.75 Å². The molecule has 0 aliphatic heterocycles. The standard InChI is InChI=1S/C14H10Cl2F2O2/c15-9-3-6-11(12(16)7-9)13(19)8-1-4-10(5-2-8)20-14(17)18/h1-7,13-14,19H. The lowest BCUT2D eigenvalue weighted by atomic mass is 10.0. The predicted octanol–water partition coefficient (Wildman–Crippen LogP) is 4.68. The van der Waals surface area contributed by atoms with Gasteiger partial charge < -0.3 is 9.84 Å². The van der Waals surface area contributed by atoms with Gasteiger partial charge >= 0.3 is 6.61 Å². The first-order chi connectivity index (χ1) is 9.47. The van der Waals surface area contributed by atoms with Gasteiger partial charge in [0.1, 0.15) is 11.9 Å². The monoisotopic (exact) mass is 318 g/mol. The molecule has 0 fully saturated rings. The van der Waals surface area contributed by atoms with E-state index < -0.39 is 12.7 Å². The van der Waals surface area contributed by atoms with Crippen molar-refractivity contribution in [3.63, 3.8) is 0 Å². The van der Waals surface area contributed by atoms with Crippen molar-refractivity contribution in [3.05, 3.63) is 63.6 Å². The number of alkyl halides is 2. The molecule has 106 valence electrons. The molecule has 1 unspecified atom stereocenters. The Kier molecular flexibility index (Phi) is 4.81. The van der Waals surface area contributed by atoms with Gasteiger partial charge in [-0.1, -0.05) is 41.4 Å². The number of hydrogen-bond donors (Lipinski definition) is 1. The molecular formula is C14H10Cl2F2O2. The van der Waals surface area contributed by atoms with Crippen molar-refractivity contribution in [1.82, 2.24) is 0 Å². The average molecular weight is 319 g/mol. The molecule has 0 aromatic heterocycles. The van der Waals surface area contributed by atoms with Crippen molar-refractivity contribution in [2.24, 2.45) is 0 Å². The van der Waals surface area contributed by atoms with Gasteiger partial charge in [-0.2, -0.15) is 8.78 Å². The van der Waals surface area contributed by atoms with Gasteiger partial charge in [0.2, 0.25) is 0 Å². The van der Waals surface area contributed by atoms with E-state index in [1.807, 2.05) is 0 Å². The van der Waals surface area contributed by atoms with Gasteiger partial charge in [-0.3, -0.25) is 0 Å². The zero-order valence-electron chi connectivity index (χ0n) is 10.1. The molecule has 1 N–H and O–H groups in total. The molecule has 20 heavy (non-hydrogen) atoms. The van der Waals surface area contributed by atoms with Gasteiger partial charge in [-0.25, -0.2) is 0 Å². The van der Waals surface area contributed by atoms with Crippen LogP contribution in [0.4, 0.5) is 8.78 Å². The fourth-order valence-electron chi connectivity index (χ4n) is 1.73. The number of aliphatic hydroxyl groups is 1. The Bertz CT molecular complexity index is 588. The van der Waals surface area contributed by atoms with Gasteiger partial charge in [-0.05, 0) is 29.8 Å². The highest BCUT2D eigenvalue weighted by Crippen LogP contribution is 2.31. The quantitative estimate of drug-likeness (QED) is 0.887. The molecule has 0 amide bonds. The Balaban J connectivity index is 2.22. The summed E-state index contributed by atoms with van der Waals surface area (Å²) in [4.78, 5) is 0. The van der Waals surface area contributed by atoms with Gasteiger partial charge in [0.25, 0.3) is 0 Å². The molecule has 0 bridgehead atoms. The normalized spacial score (nSPS) is 12.5. The summed E-state index contributed by atoms with van der Waals surface area (Å²) in [6, 6.07) is 10.4. The van der Waals surface area contributed by atoms with Gasteiger partial charge in [0, 0.05) is 15.6 Å². The van der Waals surface area contributed by atoms with E-state index in [0.717, 1.165) is 0 Å². The van der Waals surface area contributed by atoms with Gasteiger partial charge in [0.05, 0.1) is 0 Å². The minimum absolute atomic E-state index is 0.0261. The van der Waals surface area contributed by atoms with E-state index >= 15 is 0 Å². The SMILES string of the molecule is OC(c1ccc(OC(F)F)cc1)c1ccc(Cl)cc1Cl. The van der Waals surface area contributed by atoms with E-state index in [4.69, 9.17) is 23.2 Å². The number of rotatable bonds is 4. The van der Waals surface area contributed by atoms with E-state index in [9.17, 15) is 13.9 Å². The summed E-state index contributed by atoms with van der Waals surface area (Å²) in [5.41, 5.74) is 0.995. The molecule has 0 aliphatic rings. The lowest BCUT2D eigenvalue weighted by Crippen LogP contribution is -2.03. The molecule has 0 heterocycles. The van der Waals surface area contributed by atoms with E-state index in [2.05, 4.69) is 4.74 Å². The molecule has 0 saturated carbocycles. The summed E-state index contributed by atoms with van der Waals surface area (Å²) in [5, 5.41) is 11.0. The molecule has 0 radical (unpaired) electrons. The molecule has 0 saturated heterocycles. The Morgan fingerprint density at radius 1 is 1.00 bits per heavy atom. The maximum absolute atomic E-state index is 12.0. The molecular weight excluding hydrogens is 309 g/mol. The number of aliphatic hydroxyl groups excluding tert-OH is 1. The third kappa shape index (κ3) is 3.60. The second-order valence-electron chi connectivity index (χ2n) is 4.02. The Morgan fingerprint density at radius 3 is 2.20 bits per heavy atom. The summed E-state index contributed by atoms with van der Waals surface area (Å²) < 4.78 is 28.3. The zero-order valence-corrected chi connectivity index (χ0v) is 11.6. The molecule has 6 heteroatoms. The fourth-order valence-corrected chi connectivity index (χ4v) is 2.25. The van der Waals surface area contributed by atoms with Crippen LogP contribution in [0.3, 0.4) is 0 Å². The van der Waals surface area contributed by atoms with Crippen LogP contribution in [0.5, 0.6) is 5.75 Å². The first kappa shape index (κ1) is 15.0. The number of halogens is 4. The Hall–Kier alpha value is -1.36. The van der Waals surface area contributed by atoms with Crippen LogP contribution in [0, 0.1) is 0 Å². The smallest absolute Gasteiger partial charge is 0.387 e. The molecule has 0 aliphatic carbocycles. The Labute approximate surface area is 124 Å². The zero-order chi connectivity index (χ0) is 14.7. The minimum Gasteiger partial charge on any atom is -0.435 e. The summed E-state index contributed by atoms with van der Waals surface area (Å²) in [6.07, 6.45) is -0.972. The van der Waals surface area contributed by atoms with E-state index in [1.54, 1.807) is 12.1 Å². The second-order valence-corrected chi connectivity index (χ2v) is 4.86. The van der Waals surface area contributed by atoms with Crippen molar-refractivity contribution in [2.75, 3.05) is 0 Å². The maximum atomic E-state index is 12.0. The molecule has 0 spiro atoms. The lowest BCUT2D eigenvalue weighted by Gasteiger charge is -2.14. The van der Waals surface area contributed by atoms with Crippen LogP contribution in [0.15, 0.2) is 42.5 Å². The van der Waals surface area contributed by atoms with E-state index in [1.165, 1.54) is 30.3 Å². The number of hydrogen-bond acceptors (Lipinski definition) is 2. The van der Waals surface area contributed by atoms with E-state index in [0.29, 0.717) is 21.2 Å². The van der Waals surface area contributed by atoms with Crippen molar-refractivity contribution < 1.29 is 18.6 Å². The van der Waals surface area contributed by atoms with Crippen LogP contribution < -0.4 is 4.74 Å². The average Bonchev–Trinajstić information content (AvgIpc) is 2.38. The summed E-state index contributed by atoms with van der Waals surface area (Å²) >= 11 is 11.8. The maximum Gasteiger partial charge on any atom is 0.387 e. The van der Waals surface area contributed by atoms with Crippen LogP contribution >= 0.6 is 23.2 Å². The molecule has 2 nitrogen and oxygen atoms in total. The van der Waals surface area contributed by atoms with Crippen LogP contribution in [-0.4, -0.2) is 11.7 Å². The summed E-state index contributed by atoms with van der Waals surface area (Å²) in [7, 11) is 0. The number of benzene rings is 2. The fraction of sp³-hybridized carbons (Fsp3) is 0.143. The van der Waals surface area contributed by atoms with Crippen molar-refractivity contribution in [1.29, 1.82) is 0 Å². The molecule has 1 atom stereocenters. The highest BCUT2D eigenvalue weighted by atomic mass is 35.5. The van der Waals surface area contributed by atoms with Crippen molar-refractivity contribution >= 4 is 23.2 Å². The van der Waals surface area contributed by atoms with Crippen LogP contribution in [0.25, 0.3) is 0 Å². The lowest BCUT2D eigenvalue weighted by molar-refractivity contribution is -0.0498. The topological polar surface area (TPSA) is 29.5 Å². The third-order valence-electron chi connectivity index (χ3n) is 2.68. The van der Waals surface area contributed by atoms with Gasteiger partial charge in [-0.15, -0.1) is 0 Å². The van der Waals surface area contributed by atoms with Crippen LogP contribution in [-0.2, 0) is 0 Å². The summed E-state index contributed by atoms with van der Waals surface area (Å²) in [5.74, 6) is 0.0261. The minimum atomic E-state index is -2.88. The highest BCUT2D eigenvalue weighted by Gasteiger charge is 2.14. The van der Waals surface area contributed by atoms with Crippen LogP contribution in [0.2, 0.25) is 10.0 Å². The number of ether oxygens (including phenoxy) is 1. The molecule has 2 rings (SSSR count). The predicted molar refractivity (Wildman–Crippen MR) is 73.6 cm³/mol. The third-order valence-corrected chi connectivity index (χ3v) is 3.24. The first-order valence-electron chi connectivity index (χ1n) is 5.65. The molecule has 2 aromatic rings. The van der Waals surface area contributed by atoms with Crippen molar-refractivity contribution in [2.45, 2.75) is 12.7 Å². The van der Waals surface area contributed by atoms with Crippen LogP contribution in [0.1, 0.15) is 17.2 Å². The molecule has 2 aromatic carbocycles. The highest BCUT2D eigenvalue weighted by molar-refractivity contribution is 6.35. The second kappa shape index (κ2) is 6.39. The summed E-state index contributed by atoms with van der Waals surface area (Å²) in [6.45, 7) is -2.88. The Morgan fingerprint density at radius 2 is 1.65 bits per heavy atom. The largest absolute Gasteiger partial charge is 0.435 e. The first-order valence-corrected chi connectivity index (χ1v) is 6.41. The van der Waals surface area contributed by atoms with E-state index in [-0.39, 0.29) is 5.75 Å². The van der Waals surface area contributed by atoms with Gasteiger partial charge in [0.15, 0.2) is 0 Å².